The van der Waals surface area contributed by atoms with Crippen LogP contribution in [0.15, 0.2) is 30.3 Å². The largest absolute Gasteiger partial charge is 0.460 e. The molecule has 1 heterocycles. The first-order chi connectivity index (χ1) is 11.1. The topological polar surface area (TPSA) is 68.0 Å². The molecule has 120 valence electrons. The van der Waals surface area contributed by atoms with Crippen LogP contribution < -0.4 is 0 Å². The van der Waals surface area contributed by atoms with Crippen LogP contribution in [0.2, 0.25) is 0 Å². The number of amides is 2. The van der Waals surface area contributed by atoms with Crippen molar-refractivity contribution in [1.29, 1.82) is 0 Å². The van der Waals surface area contributed by atoms with E-state index in [2.05, 4.69) is 4.85 Å². The average molecular weight is 332 g/mol. The van der Waals surface area contributed by atoms with Gasteiger partial charge in [0.05, 0.1) is 23.1 Å². The number of carbonyl (C=O) groups is 3. The molecule has 7 heteroatoms. The summed E-state index contributed by atoms with van der Waals surface area (Å²) in [7, 11) is 0. The van der Waals surface area contributed by atoms with Gasteiger partial charge in [0.2, 0.25) is 18.4 Å². The third-order valence-electron chi connectivity index (χ3n) is 3.28. The van der Waals surface area contributed by atoms with Gasteiger partial charge in [0, 0.05) is 6.42 Å². The Bertz CT molecular complexity index is 627. The molecule has 1 atom stereocenters. The third-order valence-corrected chi connectivity index (χ3v) is 4.47. The molecule has 1 aromatic carbocycles. The molecule has 6 nitrogen and oxygen atoms in total. The maximum Gasteiger partial charge on any atom is 0.338 e. The van der Waals surface area contributed by atoms with Gasteiger partial charge < -0.3 is 9.58 Å². The Labute approximate surface area is 138 Å². The lowest BCUT2D eigenvalue weighted by atomic mass is 10.2. The number of imide groups is 1. The van der Waals surface area contributed by atoms with Crippen LogP contribution in [0.4, 0.5) is 0 Å². The molecule has 0 radical (unpaired) electrons. The molecule has 23 heavy (non-hydrogen) atoms. The smallest absolute Gasteiger partial charge is 0.338 e. The quantitative estimate of drug-likeness (QED) is 0.328. The molecule has 1 aliphatic rings. The highest BCUT2D eigenvalue weighted by Gasteiger charge is 2.38. The zero-order valence-corrected chi connectivity index (χ0v) is 13.3. The highest BCUT2D eigenvalue weighted by atomic mass is 32.2. The maximum atomic E-state index is 12.1. The van der Waals surface area contributed by atoms with E-state index < -0.39 is 11.2 Å². The van der Waals surface area contributed by atoms with Crippen LogP contribution in [-0.2, 0) is 14.3 Å². The van der Waals surface area contributed by atoms with Crippen LogP contribution in [0.5, 0.6) is 0 Å². The first kappa shape index (κ1) is 17.0. The van der Waals surface area contributed by atoms with E-state index in [1.54, 1.807) is 30.3 Å². The Morgan fingerprint density at radius 1 is 1.35 bits per heavy atom. The first-order valence-corrected chi connectivity index (χ1v) is 8.19. The standard InChI is InChI=1S/C16H16N2O4S/c1-17-7-10-23-13-11-14(19)18(15(13)20)8-9-22-16(21)12-5-3-2-4-6-12/h2-6,13H,7-11H2. The monoisotopic (exact) mass is 332 g/mol. The van der Waals surface area contributed by atoms with E-state index in [0.29, 0.717) is 17.9 Å². The number of hydrogen-bond donors (Lipinski definition) is 0. The minimum Gasteiger partial charge on any atom is -0.460 e. The van der Waals surface area contributed by atoms with Crippen molar-refractivity contribution in [2.45, 2.75) is 11.7 Å². The van der Waals surface area contributed by atoms with Gasteiger partial charge in [-0.2, -0.15) is 0 Å². The van der Waals surface area contributed by atoms with Gasteiger partial charge in [0.25, 0.3) is 0 Å². The number of rotatable bonds is 7. The second-order valence-electron chi connectivity index (χ2n) is 4.83. The van der Waals surface area contributed by atoms with Crippen molar-refractivity contribution < 1.29 is 19.1 Å². The highest BCUT2D eigenvalue weighted by Crippen LogP contribution is 2.24. The molecule has 0 saturated carbocycles. The van der Waals surface area contributed by atoms with Crippen LogP contribution in [-0.4, -0.2) is 53.4 Å². The predicted molar refractivity (Wildman–Crippen MR) is 85.8 cm³/mol. The van der Waals surface area contributed by atoms with Gasteiger partial charge in [-0.25, -0.2) is 11.4 Å². The molecule has 0 aromatic heterocycles. The number of carbonyl (C=O) groups excluding carboxylic acids is 3. The fourth-order valence-corrected chi connectivity index (χ4v) is 3.16. The molecule has 0 N–H and O–H groups in total. The van der Waals surface area contributed by atoms with E-state index in [1.165, 1.54) is 11.8 Å². The summed E-state index contributed by atoms with van der Waals surface area (Å²) in [4.78, 5) is 40.1. The number of benzene rings is 1. The van der Waals surface area contributed by atoms with Crippen LogP contribution in [0.25, 0.3) is 4.85 Å². The minimum absolute atomic E-state index is 0.0232. The number of likely N-dealkylation sites (tertiary alicyclic amines) is 1. The normalized spacial score (nSPS) is 17.2. The Kier molecular flexibility index (Phi) is 6.18. The summed E-state index contributed by atoms with van der Waals surface area (Å²) >= 11 is 1.33. The van der Waals surface area contributed by atoms with Crippen molar-refractivity contribution in [3.8, 4) is 0 Å². The number of hydrogen-bond acceptors (Lipinski definition) is 5. The lowest BCUT2D eigenvalue weighted by molar-refractivity contribution is -0.138. The number of esters is 1. The third kappa shape index (κ3) is 4.57. The lowest BCUT2D eigenvalue weighted by Gasteiger charge is -2.14. The molecule has 2 rings (SSSR count). The summed E-state index contributed by atoms with van der Waals surface area (Å²) in [5.74, 6) is -0.469. The van der Waals surface area contributed by atoms with Gasteiger partial charge in [-0.3, -0.25) is 14.5 Å². The minimum atomic E-state index is -0.479. The Hall–Kier alpha value is -2.33. The van der Waals surface area contributed by atoms with Crippen LogP contribution >= 0.6 is 11.8 Å². The average Bonchev–Trinajstić information content (AvgIpc) is 2.83. The van der Waals surface area contributed by atoms with E-state index in [-0.39, 0.29) is 31.4 Å². The number of ether oxygens (including phenoxy) is 1. The summed E-state index contributed by atoms with van der Waals surface area (Å²) in [6, 6.07) is 8.53. The van der Waals surface area contributed by atoms with E-state index in [4.69, 9.17) is 11.3 Å². The van der Waals surface area contributed by atoms with E-state index in [0.717, 1.165) is 4.90 Å². The molecule has 0 aliphatic carbocycles. The van der Waals surface area contributed by atoms with Gasteiger partial charge >= 0.3 is 5.97 Å². The highest BCUT2D eigenvalue weighted by molar-refractivity contribution is 8.00. The molecule has 1 saturated heterocycles. The molecule has 1 aliphatic heterocycles. The van der Waals surface area contributed by atoms with Gasteiger partial charge in [-0.15, -0.1) is 11.8 Å². The van der Waals surface area contributed by atoms with Crippen LogP contribution in [0.1, 0.15) is 16.8 Å². The maximum absolute atomic E-state index is 12.1. The summed E-state index contributed by atoms with van der Waals surface area (Å²) in [5.41, 5.74) is 0.430. The zero-order chi connectivity index (χ0) is 16.7. The molecule has 0 spiro atoms. The lowest BCUT2D eigenvalue weighted by Crippen LogP contribution is -2.34. The second-order valence-corrected chi connectivity index (χ2v) is 6.14. The van der Waals surface area contributed by atoms with Gasteiger partial charge in [-0.05, 0) is 12.1 Å². The first-order valence-electron chi connectivity index (χ1n) is 7.14. The summed E-state index contributed by atoms with van der Waals surface area (Å²) in [6.07, 6.45) is 0.147. The summed E-state index contributed by atoms with van der Waals surface area (Å²) < 4.78 is 5.09. The van der Waals surface area contributed by atoms with Crippen molar-refractivity contribution in [2.24, 2.45) is 0 Å². The van der Waals surface area contributed by atoms with Crippen molar-refractivity contribution in [3.63, 3.8) is 0 Å². The fraction of sp³-hybridized carbons (Fsp3) is 0.375. The van der Waals surface area contributed by atoms with E-state index in [9.17, 15) is 14.4 Å². The van der Waals surface area contributed by atoms with Crippen molar-refractivity contribution in [3.05, 3.63) is 47.3 Å². The molecule has 2 amide bonds. The fourth-order valence-electron chi connectivity index (χ4n) is 2.15. The van der Waals surface area contributed by atoms with Crippen molar-refractivity contribution >= 4 is 29.5 Å². The van der Waals surface area contributed by atoms with Crippen molar-refractivity contribution in [1.82, 2.24) is 4.90 Å². The Morgan fingerprint density at radius 2 is 2.09 bits per heavy atom. The summed E-state index contributed by atoms with van der Waals surface area (Å²) in [6.45, 7) is 7.08. The number of nitrogens with zero attached hydrogens (tertiary/aromatic N) is 2. The zero-order valence-electron chi connectivity index (χ0n) is 12.4. The molecule has 1 fully saturated rings. The van der Waals surface area contributed by atoms with E-state index >= 15 is 0 Å². The van der Waals surface area contributed by atoms with Crippen LogP contribution in [0, 0.1) is 6.57 Å². The Morgan fingerprint density at radius 3 is 2.78 bits per heavy atom. The van der Waals surface area contributed by atoms with Gasteiger partial charge in [0.15, 0.2) is 0 Å². The SMILES string of the molecule is [C-]#[N+]CCSC1CC(=O)N(CCOC(=O)c2ccccc2)C1=O. The van der Waals surface area contributed by atoms with E-state index in [1.807, 2.05) is 0 Å². The molecule has 0 bridgehead atoms. The van der Waals surface area contributed by atoms with Gasteiger partial charge in [0.1, 0.15) is 6.61 Å². The second kappa shape index (κ2) is 8.34. The van der Waals surface area contributed by atoms with Crippen molar-refractivity contribution in [2.75, 3.05) is 25.4 Å². The summed E-state index contributed by atoms with van der Waals surface area (Å²) in [5, 5.41) is -0.422. The molecular weight excluding hydrogens is 316 g/mol. The van der Waals surface area contributed by atoms with Gasteiger partial charge in [-0.1, -0.05) is 18.2 Å². The Balaban J connectivity index is 1.79. The number of thioether (sulfide) groups is 1. The van der Waals surface area contributed by atoms with Crippen LogP contribution in [0.3, 0.4) is 0 Å². The predicted octanol–water partition coefficient (Wildman–Crippen LogP) is 1.62. The molecule has 1 unspecified atom stereocenters. The molecule has 1 aromatic rings. The molecular formula is C16H16N2O4S.